The van der Waals surface area contributed by atoms with Crippen LogP contribution < -0.4 is 0 Å². The molecule has 7 unspecified atom stereocenters. The Morgan fingerprint density at radius 2 is 1.44 bits per heavy atom. The summed E-state index contributed by atoms with van der Waals surface area (Å²) in [4.78, 5) is 14.6. The lowest BCUT2D eigenvalue weighted by molar-refractivity contribution is -0.362. The summed E-state index contributed by atoms with van der Waals surface area (Å²) >= 11 is 0. The third kappa shape index (κ3) is 7.48. The number of esters is 1. The Balaban J connectivity index is 0.993. The van der Waals surface area contributed by atoms with E-state index in [1.54, 1.807) is 6.92 Å². The van der Waals surface area contributed by atoms with Gasteiger partial charge in [0.05, 0.1) is 30.8 Å². The van der Waals surface area contributed by atoms with Crippen LogP contribution in [-0.4, -0.2) is 157 Å². The summed E-state index contributed by atoms with van der Waals surface area (Å²) in [5, 5.41) is 94.1. The quantitative estimate of drug-likeness (QED) is 0.0990. The van der Waals surface area contributed by atoms with E-state index in [1.807, 2.05) is 0 Å². The van der Waals surface area contributed by atoms with Crippen LogP contribution in [0.1, 0.15) is 112 Å². The summed E-state index contributed by atoms with van der Waals surface area (Å²) in [5.41, 5.74) is 0.264. The molecule has 7 fully saturated rings. The number of allylic oxidation sites excluding steroid dienone is 2. The molecule has 348 valence electrons. The van der Waals surface area contributed by atoms with Gasteiger partial charge in [-0.1, -0.05) is 46.3 Å². The van der Waals surface area contributed by atoms with Gasteiger partial charge in [-0.05, 0) is 117 Å². The second-order valence-corrected chi connectivity index (χ2v) is 21.7. The average molecular weight is 869 g/mol. The van der Waals surface area contributed by atoms with Gasteiger partial charge in [-0.2, -0.15) is 0 Å². The SMILES string of the molecule is C[C@@H]1OC(OC(=O)C23CCC(C)(C)CC2C2=CCC4[C@@]5(C)CC[C@H](OC6OC[C@@H](O)[C@H](O)[C@H]6OC6O[C@H](CO)[C@@H](O)[C@H](O)[C@H]6O)CC5CC[C@@]4(C)[C@]2(C)CC3)[C@H](O)[C@H](O)[C@H]1O. The number of ether oxygens (including phenoxy) is 6. The van der Waals surface area contributed by atoms with Gasteiger partial charge in [-0.25, -0.2) is 0 Å². The zero-order valence-electron chi connectivity index (χ0n) is 36.5. The molecular weight excluding hydrogens is 796 g/mol. The Bertz CT molecular complexity index is 1640. The van der Waals surface area contributed by atoms with E-state index in [2.05, 4.69) is 40.7 Å². The maximum Gasteiger partial charge on any atom is 0.315 e. The minimum atomic E-state index is -1.71. The van der Waals surface area contributed by atoms with E-state index in [9.17, 15) is 50.8 Å². The summed E-state index contributed by atoms with van der Waals surface area (Å²) in [6.45, 7) is 12.6. The zero-order chi connectivity index (χ0) is 44.2. The maximum atomic E-state index is 14.6. The van der Waals surface area contributed by atoms with Gasteiger partial charge in [0.15, 0.2) is 12.6 Å². The zero-order valence-corrected chi connectivity index (χ0v) is 36.5. The van der Waals surface area contributed by atoms with Crippen LogP contribution in [-0.2, 0) is 33.2 Å². The van der Waals surface area contributed by atoms with Crippen molar-refractivity contribution in [3.8, 4) is 0 Å². The monoisotopic (exact) mass is 868 g/mol. The predicted octanol–water partition coefficient (Wildman–Crippen LogP) is 1.17. The number of aliphatic hydroxyl groups excluding tert-OH is 9. The fourth-order valence-corrected chi connectivity index (χ4v) is 13.7. The Morgan fingerprint density at radius 1 is 0.754 bits per heavy atom. The van der Waals surface area contributed by atoms with Gasteiger partial charge >= 0.3 is 5.97 Å². The summed E-state index contributed by atoms with van der Waals surface area (Å²) in [7, 11) is 0. The van der Waals surface area contributed by atoms with Crippen molar-refractivity contribution >= 4 is 5.97 Å². The smallest absolute Gasteiger partial charge is 0.315 e. The fraction of sp³-hybridized carbons (Fsp3) is 0.933. The molecule has 8 rings (SSSR count). The summed E-state index contributed by atoms with van der Waals surface area (Å²) in [5.74, 6) is 0.207. The van der Waals surface area contributed by atoms with Crippen molar-refractivity contribution in [2.75, 3.05) is 13.2 Å². The summed E-state index contributed by atoms with van der Waals surface area (Å²) in [6, 6.07) is 0. The first-order valence-corrected chi connectivity index (χ1v) is 22.8. The van der Waals surface area contributed by atoms with Crippen molar-refractivity contribution in [2.24, 2.45) is 44.8 Å². The Kier molecular flexibility index (Phi) is 12.5. The molecule has 5 aliphatic carbocycles. The first-order valence-electron chi connectivity index (χ1n) is 22.8. The van der Waals surface area contributed by atoms with Gasteiger partial charge in [0, 0.05) is 0 Å². The molecule has 9 N–H and O–H groups in total. The van der Waals surface area contributed by atoms with Crippen molar-refractivity contribution in [3.05, 3.63) is 11.6 Å². The number of fused-ring (bicyclic) bond motifs is 7. The first-order chi connectivity index (χ1) is 28.6. The molecule has 22 atom stereocenters. The lowest BCUT2D eigenvalue weighted by Crippen LogP contribution is -2.64. The van der Waals surface area contributed by atoms with Crippen LogP contribution in [0.3, 0.4) is 0 Å². The second-order valence-electron chi connectivity index (χ2n) is 21.7. The highest BCUT2D eigenvalue weighted by molar-refractivity contribution is 5.79. The summed E-state index contributed by atoms with van der Waals surface area (Å²) < 4.78 is 35.7. The standard InChI is InChI=1S/C45H72O16/c1-21-29(48)32(51)34(53)37(57-21)61-40(55)45-15-13-41(2,3)18-25(45)24-7-8-28-42(4)11-10-23(17-22(42)9-12-44(28,6)43(24,5)14-16-45)58-39-36(30(49)26(47)20-56-39)60-38-35(54)33(52)31(50)27(19-46)59-38/h7,21-23,25-39,46-54H,8-20H2,1-6H3/t21-,22?,23-,25?,26+,27+,28?,29-,30-,31+,32+,33-,34+,35+,36+,37?,38?,39?,42-,43+,44+,45?/m0/s1. The number of hydrogen-bond donors (Lipinski definition) is 9. The van der Waals surface area contributed by atoms with E-state index >= 15 is 0 Å². The molecule has 16 heteroatoms. The number of carbonyl (C=O) groups is 1. The molecular formula is C45H72O16. The van der Waals surface area contributed by atoms with Gasteiger partial charge in [-0.15, -0.1) is 0 Å². The van der Waals surface area contributed by atoms with Gasteiger partial charge in [-0.3, -0.25) is 4.79 Å². The molecule has 61 heavy (non-hydrogen) atoms. The number of aliphatic hydroxyl groups is 9. The topological polar surface area (TPSA) is 255 Å². The molecule has 3 aliphatic heterocycles. The van der Waals surface area contributed by atoms with E-state index in [0.29, 0.717) is 31.1 Å². The Morgan fingerprint density at radius 3 is 2.16 bits per heavy atom. The lowest BCUT2D eigenvalue weighted by atomic mass is 9.35. The Labute approximate surface area is 358 Å². The number of rotatable bonds is 7. The van der Waals surface area contributed by atoms with E-state index < -0.39 is 104 Å². The molecule has 0 bridgehead atoms. The third-order valence-electron chi connectivity index (χ3n) is 18.0. The minimum absolute atomic E-state index is 0.00194. The molecule has 0 aromatic carbocycles. The van der Waals surface area contributed by atoms with Crippen LogP contribution >= 0.6 is 0 Å². The molecule has 0 spiro atoms. The number of hydrogen-bond acceptors (Lipinski definition) is 16. The van der Waals surface area contributed by atoms with Crippen LogP contribution in [0.2, 0.25) is 0 Å². The van der Waals surface area contributed by atoms with E-state index in [4.69, 9.17) is 28.4 Å². The van der Waals surface area contributed by atoms with Gasteiger partial charge < -0.3 is 74.4 Å². The van der Waals surface area contributed by atoms with E-state index in [0.717, 1.165) is 51.4 Å². The maximum absolute atomic E-state index is 14.6. The van der Waals surface area contributed by atoms with E-state index in [-0.39, 0.29) is 40.3 Å². The van der Waals surface area contributed by atoms with Crippen LogP contribution in [0.15, 0.2) is 11.6 Å². The lowest BCUT2D eigenvalue weighted by Gasteiger charge is -2.69. The van der Waals surface area contributed by atoms with Gasteiger partial charge in [0.2, 0.25) is 6.29 Å². The molecule has 16 nitrogen and oxygen atoms in total. The molecule has 0 radical (unpaired) electrons. The highest BCUT2D eigenvalue weighted by Gasteiger charge is 2.68. The molecule has 0 aromatic heterocycles. The van der Waals surface area contributed by atoms with Crippen molar-refractivity contribution in [1.82, 2.24) is 0 Å². The van der Waals surface area contributed by atoms with Gasteiger partial charge in [0.25, 0.3) is 0 Å². The number of carbonyl (C=O) groups excluding carboxylic acids is 1. The van der Waals surface area contributed by atoms with E-state index in [1.165, 1.54) is 5.57 Å². The molecule has 3 saturated heterocycles. The largest absolute Gasteiger partial charge is 0.432 e. The molecule has 3 heterocycles. The van der Waals surface area contributed by atoms with Crippen molar-refractivity contribution < 1.29 is 79.2 Å². The van der Waals surface area contributed by atoms with Crippen LogP contribution in [0.4, 0.5) is 0 Å². The highest BCUT2D eigenvalue weighted by Crippen LogP contribution is 2.74. The van der Waals surface area contributed by atoms with Crippen molar-refractivity contribution in [3.63, 3.8) is 0 Å². The Hall–Kier alpha value is -1.35. The fourth-order valence-electron chi connectivity index (χ4n) is 13.7. The van der Waals surface area contributed by atoms with Crippen LogP contribution in [0, 0.1) is 44.8 Å². The first kappa shape index (κ1) is 46.2. The normalized spacial score (nSPS) is 54.6. The van der Waals surface area contributed by atoms with Crippen molar-refractivity contribution in [2.45, 2.75) is 204 Å². The van der Waals surface area contributed by atoms with Gasteiger partial charge in [0.1, 0.15) is 61.0 Å². The van der Waals surface area contributed by atoms with Crippen molar-refractivity contribution in [1.29, 1.82) is 0 Å². The highest BCUT2D eigenvalue weighted by atomic mass is 16.8. The summed E-state index contributed by atoms with van der Waals surface area (Å²) in [6.07, 6.45) is -8.39. The molecule has 4 saturated carbocycles. The second kappa shape index (κ2) is 16.5. The third-order valence-corrected chi connectivity index (χ3v) is 18.0. The predicted molar refractivity (Wildman–Crippen MR) is 214 cm³/mol. The molecule has 8 aliphatic rings. The van der Waals surface area contributed by atoms with Crippen LogP contribution in [0.5, 0.6) is 0 Å². The van der Waals surface area contributed by atoms with Crippen LogP contribution in [0.25, 0.3) is 0 Å². The molecule has 0 amide bonds. The molecule has 0 aromatic rings. The average Bonchev–Trinajstić information content (AvgIpc) is 3.22. The minimum Gasteiger partial charge on any atom is -0.432 e.